The second-order valence-electron chi connectivity index (χ2n) is 6.79. The molecule has 0 unspecified atom stereocenters. The third kappa shape index (κ3) is 4.83. The Morgan fingerprint density at radius 1 is 0.700 bits per heavy atom. The molecule has 4 rings (SSSR count). The van der Waals surface area contributed by atoms with Crippen molar-refractivity contribution in [2.24, 2.45) is 0 Å². The maximum atomic E-state index is 4.70. The van der Waals surface area contributed by atoms with Crippen LogP contribution in [0.5, 0.6) is 0 Å². The number of nitrogens with zero attached hydrogens (tertiary/aromatic N) is 4. The van der Waals surface area contributed by atoms with E-state index in [1.165, 1.54) is 28.5 Å². The minimum absolute atomic E-state index is 0.638. The summed E-state index contributed by atoms with van der Waals surface area (Å²) in [5.74, 6) is 0.638. The molecule has 3 aromatic carbocycles. The van der Waals surface area contributed by atoms with Gasteiger partial charge in [-0.3, -0.25) is 0 Å². The first-order valence-corrected chi connectivity index (χ1v) is 11.6. The van der Waals surface area contributed by atoms with Crippen LogP contribution < -0.4 is 4.90 Å². The van der Waals surface area contributed by atoms with E-state index in [2.05, 4.69) is 65.4 Å². The predicted octanol–water partition coefficient (Wildman–Crippen LogP) is 6.49. The molecule has 0 radical (unpaired) electrons. The summed E-state index contributed by atoms with van der Waals surface area (Å²) in [6.07, 6.45) is 1.98. The van der Waals surface area contributed by atoms with Crippen molar-refractivity contribution in [3.05, 3.63) is 84.4 Å². The van der Waals surface area contributed by atoms with Crippen LogP contribution in [-0.4, -0.2) is 28.3 Å². The molecule has 150 valence electrons. The highest BCUT2D eigenvalue weighted by molar-refractivity contribution is 7.99. The van der Waals surface area contributed by atoms with Crippen molar-refractivity contribution >= 4 is 35.2 Å². The van der Waals surface area contributed by atoms with Crippen LogP contribution in [0, 0.1) is 6.92 Å². The molecule has 0 bridgehead atoms. The number of para-hydroxylation sites is 1. The van der Waals surface area contributed by atoms with E-state index >= 15 is 0 Å². The first-order valence-electron chi connectivity index (χ1n) is 9.56. The Morgan fingerprint density at radius 3 is 1.93 bits per heavy atom. The lowest BCUT2D eigenvalue weighted by atomic mass is 10.0. The molecular weight excluding hydrogens is 408 g/mol. The van der Waals surface area contributed by atoms with Crippen LogP contribution in [0.1, 0.15) is 5.56 Å². The molecule has 6 heteroatoms. The molecular formula is C24H22N4S2. The smallest absolute Gasteiger partial charge is 0.234 e. The quantitative estimate of drug-likeness (QED) is 0.326. The summed E-state index contributed by atoms with van der Waals surface area (Å²) in [6, 6.07) is 27.2. The van der Waals surface area contributed by atoms with Crippen LogP contribution in [0.2, 0.25) is 0 Å². The van der Waals surface area contributed by atoms with Gasteiger partial charge in [-0.1, -0.05) is 71.9 Å². The second kappa shape index (κ2) is 9.32. The Hall–Kier alpha value is -2.83. The van der Waals surface area contributed by atoms with Crippen LogP contribution in [0.15, 0.2) is 94.1 Å². The summed E-state index contributed by atoms with van der Waals surface area (Å²) < 4.78 is 0. The summed E-state index contributed by atoms with van der Waals surface area (Å²) in [7, 11) is 1.97. The zero-order valence-electron chi connectivity index (χ0n) is 17.1. The van der Waals surface area contributed by atoms with Gasteiger partial charge in [0.15, 0.2) is 10.3 Å². The Balaban J connectivity index is 1.57. The van der Waals surface area contributed by atoms with E-state index in [1.807, 2.05) is 48.5 Å². The lowest BCUT2D eigenvalue weighted by Gasteiger charge is -2.17. The van der Waals surface area contributed by atoms with E-state index in [1.54, 1.807) is 11.8 Å². The average molecular weight is 431 g/mol. The topological polar surface area (TPSA) is 41.9 Å². The molecule has 0 aliphatic carbocycles. The van der Waals surface area contributed by atoms with E-state index in [0.29, 0.717) is 16.3 Å². The molecule has 0 aliphatic heterocycles. The normalized spacial score (nSPS) is 10.8. The van der Waals surface area contributed by atoms with E-state index in [4.69, 9.17) is 4.98 Å². The van der Waals surface area contributed by atoms with Gasteiger partial charge in [0.1, 0.15) is 0 Å². The van der Waals surface area contributed by atoms with Gasteiger partial charge in [-0.25, -0.2) is 0 Å². The van der Waals surface area contributed by atoms with Crippen LogP contribution >= 0.6 is 23.5 Å². The summed E-state index contributed by atoms with van der Waals surface area (Å²) in [5, 5.41) is 1.40. The van der Waals surface area contributed by atoms with Crippen LogP contribution in [0.4, 0.5) is 11.6 Å². The first kappa shape index (κ1) is 20.4. The third-order valence-electron chi connectivity index (χ3n) is 4.66. The van der Waals surface area contributed by atoms with E-state index in [-0.39, 0.29) is 0 Å². The number of anilines is 2. The van der Waals surface area contributed by atoms with Crippen molar-refractivity contribution in [1.29, 1.82) is 0 Å². The molecule has 4 aromatic rings. The number of hydrogen-bond acceptors (Lipinski definition) is 6. The third-order valence-corrected chi connectivity index (χ3v) is 6.08. The Kier molecular flexibility index (Phi) is 6.35. The van der Waals surface area contributed by atoms with Gasteiger partial charge in [-0.05, 0) is 60.3 Å². The minimum atomic E-state index is 0.638. The molecule has 0 aliphatic rings. The SMILES string of the molecule is CSc1nc(Sc2ccc(-c3ccc(C)cc3)cc2)nc(N(C)c2ccccc2)n1. The van der Waals surface area contributed by atoms with Crippen LogP contribution in [0.3, 0.4) is 0 Å². The molecule has 30 heavy (non-hydrogen) atoms. The molecule has 0 N–H and O–H groups in total. The van der Waals surface area contributed by atoms with Crippen molar-refractivity contribution < 1.29 is 0 Å². The van der Waals surface area contributed by atoms with Gasteiger partial charge < -0.3 is 4.90 Å². The molecule has 0 spiro atoms. The van der Waals surface area contributed by atoms with E-state index in [0.717, 1.165) is 10.6 Å². The molecule has 0 amide bonds. The number of thioether (sulfide) groups is 1. The number of benzene rings is 3. The van der Waals surface area contributed by atoms with Gasteiger partial charge in [0.2, 0.25) is 5.95 Å². The lowest BCUT2D eigenvalue weighted by Crippen LogP contribution is -2.14. The van der Waals surface area contributed by atoms with Gasteiger partial charge in [0, 0.05) is 17.6 Å². The molecule has 0 saturated carbocycles. The van der Waals surface area contributed by atoms with Gasteiger partial charge >= 0.3 is 0 Å². The maximum Gasteiger partial charge on any atom is 0.234 e. The Morgan fingerprint density at radius 2 is 1.30 bits per heavy atom. The standard InChI is InChI=1S/C24H22N4S2/c1-17-9-11-18(12-10-17)19-13-15-21(16-14-19)30-24-26-22(25-23(27-24)29-3)28(2)20-7-5-4-6-8-20/h4-16H,1-3H3. The maximum absolute atomic E-state index is 4.70. The van der Waals surface area contributed by atoms with Crippen LogP contribution in [-0.2, 0) is 0 Å². The summed E-state index contributed by atoms with van der Waals surface area (Å²) >= 11 is 3.07. The fourth-order valence-electron chi connectivity index (χ4n) is 2.95. The van der Waals surface area contributed by atoms with Crippen molar-refractivity contribution in [2.45, 2.75) is 22.1 Å². The Bertz CT molecular complexity index is 1110. The highest BCUT2D eigenvalue weighted by Crippen LogP contribution is 2.30. The minimum Gasteiger partial charge on any atom is -0.313 e. The summed E-state index contributed by atoms with van der Waals surface area (Å²) in [6.45, 7) is 2.10. The van der Waals surface area contributed by atoms with Crippen LogP contribution in [0.25, 0.3) is 11.1 Å². The molecule has 0 saturated heterocycles. The number of aromatic nitrogens is 3. The van der Waals surface area contributed by atoms with Crippen molar-refractivity contribution in [3.8, 4) is 11.1 Å². The molecule has 0 atom stereocenters. The van der Waals surface area contributed by atoms with Crippen molar-refractivity contribution in [3.63, 3.8) is 0 Å². The highest BCUT2D eigenvalue weighted by Gasteiger charge is 2.13. The first-order chi connectivity index (χ1) is 14.6. The monoisotopic (exact) mass is 430 g/mol. The van der Waals surface area contributed by atoms with Gasteiger partial charge in [0.05, 0.1) is 0 Å². The molecule has 1 aromatic heterocycles. The van der Waals surface area contributed by atoms with Crippen molar-refractivity contribution in [1.82, 2.24) is 15.0 Å². The number of hydrogen-bond donors (Lipinski definition) is 0. The fourth-order valence-corrected chi connectivity index (χ4v) is 4.10. The number of aryl methyl sites for hydroxylation is 1. The van der Waals surface area contributed by atoms with Crippen molar-refractivity contribution in [2.75, 3.05) is 18.2 Å². The van der Waals surface area contributed by atoms with Gasteiger partial charge in [0.25, 0.3) is 0 Å². The Labute approximate surface area is 185 Å². The lowest BCUT2D eigenvalue weighted by molar-refractivity contribution is 0.791. The zero-order valence-corrected chi connectivity index (χ0v) is 18.7. The molecule has 4 nitrogen and oxygen atoms in total. The molecule has 1 heterocycles. The van der Waals surface area contributed by atoms with Gasteiger partial charge in [-0.2, -0.15) is 15.0 Å². The number of rotatable bonds is 6. The summed E-state index contributed by atoms with van der Waals surface area (Å²) in [5.41, 5.74) is 4.72. The predicted molar refractivity (Wildman–Crippen MR) is 127 cm³/mol. The fraction of sp³-hybridized carbons (Fsp3) is 0.125. The molecule has 0 fully saturated rings. The largest absolute Gasteiger partial charge is 0.313 e. The average Bonchev–Trinajstić information content (AvgIpc) is 2.80. The van der Waals surface area contributed by atoms with Gasteiger partial charge in [-0.15, -0.1) is 0 Å². The van der Waals surface area contributed by atoms with E-state index in [9.17, 15) is 0 Å². The van der Waals surface area contributed by atoms with E-state index < -0.39 is 0 Å². The summed E-state index contributed by atoms with van der Waals surface area (Å²) in [4.78, 5) is 16.9. The zero-order chi connectivity index (χ0) is 20.9. The second-order valence-corrected chi connectivity index (χ2v) is 8.61. The highest BCUT2D eigenvalue weighted by atomic mass is 32.2.